The highest BCUT2D eigenvalue weighted by atomic mass is 35.5. The predicted molar refractivity (Wildman–Crippen MR) is 116 cm³/mol. The summed E-state index contributed by atoms with van der Waals surface area (Å²) in [6.45, 7) is 0.165. The van der Waals surface area contributed by atoms with Gasteiger partial charge in [0.15, 0.2) is 11.5 Å². The molecule has 0 bridgehead atoms. The highest BCUT2D eigenvalue weighted by Crippen LogP contribution is 2.32. The summed E-state index contributed by atoms with van der Waals surface area (Å²) >= 11 is 5.82. The molecule has 0 saturated carbocycles. The van der Waals surface area contributed by atoms with Crippen molar-refractivity contribution in [2.75, 3.05) is 11.5 Å². The van der Waals surface area contributed by atoms with Gasteiger partial charge in [-0.1, -0.05) is 17.7 Å². The SMILES string of the molecule is O=C(N/N=C\c1ccc2c(c1)OCO2)c1cccc(S(=O)(=O)Nc2ccc(Cl)cc2)c1. The monoisotopic (exact) mass is 457 g/mol. The molecule has 0 saturated heterocycles. The number of ether oxygens (including phenoxy) is 2. The van der Waals surface area contributed by atoms with E-state index in [-0.39, 0.29) is 17.3 Å². The fourth-order valence-electron chi connectivity index (χ4n) is 2.76. The van der Waals surface area contributed by atoms with Crippen molar-refractivity contribution in [3.63, 3.8) is 0 Å². The molecule has 4 rings (SSSR count). The molecule has 0 unspecified atom stereocenters. The molecule has 1 amide bonds. The van der Waals surface area contributed by atoms with Crippen molar-refractivity contribution in [3.05, 3.63) is 82.9 Å². The molecule has 0 aromatic heterocycles. The number of anilines is 1. The number of carbonyl (C=O) groups is 1. The summed E-state index contributed by atoms with van der Waals surface area (Å²) in [6.07, 6.45) is 1.45. The number of benzene rings is 3. The van der Waals surface area contributed by atoms with E-state index in [1.54, 1.807) is 42.5 Å². The quantitative estimate of drug-likeness (QED) is 0.434. The molecule has 1 aliphatic rings. The maximum Gasteiger partial charge on any atom is 0.271 e. The van der Waals surface area contributed by atoms with E-state index in [4.69, 9.17) is 21.1 Å². The van der Waals surface area contributed by atoms with Gasteiger partial charge in [0.1, 0.15) is 0 Å². The molecule has 0 fully saturated rings. The van der Waals surface area contributed by atoms with Gasteiger partial charge in [-0.05, 0) is 66.2 Å². The molecule has 0 spiro atoms. The lowest BCUT2D eigenvalue weighted by Gasteiger charge is -2.09. The van der Waals surface area contributed by atoms with Crippen LogP contribution >= 0.6 is 11.6 Å². The standard InChI is InChI=1S/C21H16ClN3O5S/c22-16-5-7-17(8-6-16)25-31(27,28)18-3-1-2-15(11-18)21(26)24-23-12-14-4-9-19-20(10-14)30-13-29-19/h1-12,25H,13H2,(H,24,26)/b23-12-. The molecule has 158 valence electrons. The van der Waals surface area contributed by atoms with E-state index in [1.165, 1.54) is 30.5 Å². The fraction of sp³-hybridized carbons (Fsp3) is 0.0476. The van der Waals surface area contributed by atoms with E-state index < -0.39 is 15.9 Å². The first kappa shape index (κ1) is 20.7. The van der Waals surface area contributed by atoms with Crippen molar-refractivity contribution in [3.8, 4) is 11.5 Å². The van der Waals surface area contributed by atoms with Crippen LogP contribution in [0.1, 0.15) is 15.9 Å². The number of hydrogen-bond acceptors (Lipinski definition) is 6. The molecule has 1 heterocycles. The van der Waals surface area contributed by atoms with Crippen LogP contribution in [0.5, 0.6) is 11.5 Å². The highest BCUT2D eigenvalue weighted by Gasteiger charge is 2.17. The number of rotatable bonds is 6. The average molecular weight is 458 g/mol. The lowest BCUT2D eigenvalue weighted by atomic mass is 10.2. The molecular weight excluding hydrogens is 442 g/mol. The third-order valence-electron chi connectivity index (χ3n) is 4.28. The van der Waals surface area contributed by atoms with Gasteiger partial charge in [-0.2, -0.15) is 5.10 Å². The minimum atomic E-state index is -3.89. The smallest absolute Gasteiger partial charge is 0.271 e. The molecule has 3 aromatic rings. The van der Waals surface area contributed by atoms with Gasteiger partial charge in [-0.15, -0.1) is 0 Å². The molecule has 0 atom stereocenters. The second kappa shape index (κ2) is 8.66. The van der Waals surface area contributed by atoms with Crippen molar-refractivity contribution < 1.29 is 22.7 Å². The van der Waals surface area contributed by atoms with Crippen LogP contribution in [0, 0.1) is 0 Å². The minimum Gasteiger partial charge on any atom is -0.454 e. The molecule has 3 aromatic carbocycles. The van der Waals surface area contributed by atoms with Crippen molar-refractivity contribution in [2.24, 2.45) is 5.10 Å². The van der Waals surface area contributed by atoms with Gasteiger partial charge in [-0.3, -0.25) is 9.52 Å². The number of nitrogens with zero attached hydrogens (tertiary/aromatic N) is 1. The Bertz CT molecular complexity index is 1260. The fourth-order valence-corrected chi connectivity index (χ4v) is 3.99. The van der Waals surface area contributed by atoms with Gasteiger partial charge in [0.2, 0.25) is 6.79 Å². The number of halogens is 1. The van der Waals surface area contributed by atoms with Gasteiger partial charge >= 0.3 is 0 Å². The summed E-state index contributed by atoms with van der Waals surface area (Å²) in [5.74, 6) is 0.688. The van der Waals surface area contributed by atoms with Crippen LogP contribution in [-0.4, -0.2) is 27.3 Å². The lowest BCUT2D eigenvalue weighted by Crippen LogP contribution is -2.19. The van der Waals surface area contributed by atoms with Crippen LogP contribution in [0.15, 0.2) is 76.7 Å². The number of amides is 1. The number of carbonyl (C=O) groups excluding carboxylic acids is 1. The molecule has 0 radical (unpaired) electrons. The van der Waals surface area contributed by atoms with E-state index in [1.807, 2.05) is 0 Å². The topological polar surface area (TPSA) is 106 Å². The number of nitrogens with one attached hydrogen (secondary N) is 2. The van der Waals surface area contributed by atoms with Gasteiger partial charge in [0.25, 0.3) is 15.9 Å². The van der Waals surface area contributed by atoms with Gasteiger partial charge in [0, 0.05) is 16.3 Å². The van der Waals surface area contributed by atoms with Crippen LogP contribution in [0.2, 0.25) is 5.02 Å². The van der Waals surface area contributed by atoms with Crippen molar-refractivity contribution >= 4 is 39.4 Å². The summed E-state index contributed by atoms with van der Waals surface area (Å²) < 4.78 is 38.2. The Kier molecular flexibility index (Phi) is 5.79. The van der Waals surface area contributed by atoms with E-state index in [2.05, 4.69) is 15.2 Å². The summed E-state index contributed by atoms with van der Waals surface area (Å²) in [5, 5.41) is 4.40. The van der Waals surface area contributed by atoms with Gasteiger partial charge in [0.05, 0.1) is 11.1 Å². The molecule has 10 heteroatoms. The van der Waals surface area contributed by atoms with Crippen LogP contribution in [0.3, 0.4) is 0 Å². The van der Waals surface area contributed by atoms with Crippen LogP contribution < -0.4 is 19.6 Å². The van der Waals surface area contributed by atoms with E-state index >= 15 is 0 Å². The zero-order valence-corrected chi connectivity index (χ0v) is 17.5. The van der Waals surface area contributed by atoms with Crippen molar-refractivity contribution in [1.82, 2.24) is 5.43 Å². The molecule has 8 nitrogen and oxygen atoms in total. The third-order valence-corrected chi connectivity index (χ3v) is 5.91. The van der Waals surface area contributed by atoms with Crippen molar-refractivity contribution in [2.45, 2.75) is 4.90 Å². The van der Waals surface area contributed by atoms with Crippen LogP contribution in [-0.2, 0) is 10.0 Å². The minimum absolute atomic E-state index is 0.0603. The first-order chi connectivity index (χ1) is 14.9. The number of hydrogen-bond donors (Lipinski definition) is 2. The normalized spacial score (nSPS) is 12.7. The van der Waals surface area contributed by atoms with Gasteiger partial charge in [-0.25, -0.2) is 13.8 Å². The molecule has 0 aliphatic carbocycles. The Morgan fingerprint density at radius 1 is 1.00 bits per heavy atom. The third kappa shape index (κ3) is 4.96. The summed E-state index contributed by atoms with van der Waals surface area (Å²) in [7, 11) is -3.89. The largest absolute Gasteiger partial charge is 0.454 e. The van der Waals surface area contributed by atoms with Crippen LogP contribution in [0.4, 0.5) is 5.69 Å². The maximum absolute atomic E-state index is 12.6. The maximum atomic E-state index is 12.6. The average Bonchev–Trinajstić information content (AvgIpc) is 3.23. The second-order valence-electron chi connectivity index (χ2n) is 6.45. The van der Waals surface area contributed by atoms with E-state index in [0.717, 1.165) is 0 Å². The van der Waals surface area contributed by atoms with Crippen LogP contribution in [0.25, 0.3) is 0 Å². The van der Waals surface area contributed by atoms with Gasteiger partial charge < -0.3 is 9.47 Å². The molecule has 1 aliphatic heterocycles. The number of fused-ring (bicyclic) bond motifs is 1. The molecule has 31 heavy (non-hydrogen) atoms. The lowest BCUT2D eigenvalue weighted by molar-refractivity contribution is 0.0955. The zero-order chi connectivity index (χ0) is 21.8. The summed E-state index contributed by atoms with van der Waals surface area (Å²) in [6, 6.07) is 17.1. The Balaban J connectivity index is 1.44. The first-order valence-electron chi connectivity index (χ1n) is 9.02. The van der Waals surface area contributed by atoms with E-state index in [0.29, 0.717) is 27.8 Å². The Labute approximate surface area is 183 Å². The molecular formula is C21H16ClN3O5S. The number of sulfonamides is 1. The predicted octanol–water partition coefficient (Wildman–Crippen LogP) is 3.63. The number of hydrazone groups is 1. The first-order valence-corrected chi connectivity index (χ1v) is 10.9. The summed E-state index contributed by atoms with van der Waals surface area (Å²) in [4.78, 5) is 12.3. The second-order valence-corrected chi connectivity index (χ2v) is 8.57. The van der Waals surface area contributed by atoms with E-state index in [9.17, 15) is 13.2 Å². The highest BCUT2D eigenvalue weighted by molar-refractivity contribution is 7.92. The summed E-state index contributed by atoms with van der Waals surface area (Å²) in [5.41, 5.74) is 3.58. The molecule has 2 N–H and O–H groups in total. The zero-order valence-electron chi connectivity index (χ0n) is 15.9. The Morgan fingerprint density at radius 3 is 2.58 bits per heavy atom. The Hall–Kier alpha value is -3.56. The van der Waals surface area contributed by atoms with Crippen molar-refractivity contribution in [1.29, 1.82) is 0 Å². The Morgan fingerprint density at radius 2 is 1.77 bits per heavy atom.